The van der Waals surface area contributed by atoms with Gasteiger partial charge in [0, 0.05) is 11.1 Å². The summed E-state index contributed by atoms with van der Waals surface area (Å²) in [6.45, 7) is 3.79. The molecule has 0 amide bonds. The van der Waals surface area contributed by atoms with Gasteiger partial charge in [0.05, 0.1) is 21.6 Å². The number of quaternary nitrogens is 1. The van der Waals surface area contributed by atoms with Crippen molar-refractivity contribution in [1.29, 1.82) is 0 Å². The number of aromatic carboxylic acids is 1. The van der Waals surface area contributed by atoms with Crippen LogP contribution in [0.15, 0.2) is 54.6 Å². The van der Waals surface area contributed by atoms with Crippen molar-refractivity contribution in [1.82, 2.24) is 9.97 Å². The molecule has 0 aliphatic rings. The summed E-state index contributed by atoms with van der Waals surface area (Å²) in [5.41, 5.74) is 9.33. The van der Waals surface area contributed by atoms with Crippen molar-refractivity contribution in [2.24, 2.45) is 0 Å². The minimum absolute atomic E-state index is 0.189. The van der Waals surface area contributed by atoms with Gasteiger partial charge < -0.3 is 20.6 Å². The fourth-order valence-corrected chi connectivity index (χ4v) is 3.55. The predicted molar refractivity (Wildman–Crippen MR) is 116 cm³/mol. The van der Waals surface area contributed by atoms with E-state index in [-0.39, 0.29) is 17.6 Å². The molecule has 1 heterocycles. The van der Waals surface area contributed by atoms with Gasteiger partial charge in [0.15, 0.2) is 0 Å². The van der Waals surface area contributed by atoms with Crippen molar-refractivity contribution in [2.75, 3.05) is 0 Å². The van der Waals surface area contributed by atoms with Gasteiger partial charge >= 0.3 is 5.97 Å². The highest BCUT2D eigenvalue weighted by Crippen LogP contribution is 2.33. The van der Waals surface area contributed by atoms with Gasteiger partial charge in [-0.1, -0.05) is 41.9 Å². The Kier molecular flexibility index (Phi) is 5.20. The first-order valence-corrected chi connectivity index (χ1v) is 9.84. The molecule has 152 valence electrons. The van der Waals surface area contributed by atoms with Gasteiger partial charge in [-0.15, -0.1) is 0 Å². The maximum atomic E-state index is 11.3. The summed E-state index contributed by atoms with van der Waals surface area (Å²) < 4.78 is 5.76. The number of H-pyrrole nitrogens is 1. The van der Waals surface area contributed by atoms with Crippen LogP contribution in [-0.4, -0.2) is 21.0 Å². The molecule has 4 aromatic rings. The number of carbonyl (C=O) groups is 1. The van der Waals surface area contributed by atoms with E-state index in [4.69, 9.17) is 16.3 Å². The quantitative estimate of drug-likeness (QED) is 0.421. The second kappa shape index (κ2) is 7.82. The minimum atomic E-state index is -1.00. The van der Waals surface area contributed by atoms with Crippen LogP contribution >= 0.6 is 11.6 Å². The fraction of sp³-hybridized carbons (Fsp3) is 0.130. The number of nitrogens with zero attached hydrogens (tertiary/aromatic N) is 1. The molecule has 6 nitrogen and oxygen atoms in total. The van der Waals surface area contributed by atoms with E-state index in [9.17, 15) is 9.90 Å². The Labute approximate surface area is 178 Å². The molecule has 5 N–H and O–H groups in total. The third-order valence-electron chi connectivity index (χ3n) is 4.99. The first-order chi connectivity index (χ1) is 14.3. The van der Waals surface area contributed by atoms with Crippen LogP contribution in [0.2, 0.25) is 5.02 Å². The molecule has 1 aromatic heterocycles. The lowest BCUT2D eigenvalue weighted by Crippen LogP contribution is -2.51. The molecule has 0 bridgehead atoms. The third kappa shape index (κ3) is 3.87. The smallest absolute Gasteiger partial charge is 0.336 e. The van der Waals surface area contributed by atoms with E-state index < -0.39 is 5.97 Å². The van der Waals surface area contributed by atoms with Crippen LogP contribution in [0.4, 0.5) is 0 Å². The summed E-state index contributed by atoms with van der Waals surface area (Å²) >= 11 is 6.52. The number of hydrogen-bond donors (Lipinski definition) is 3. The number of fused-ring (bicyclic) bond motifs is 1. The second-order valence-electron chi connectivity index (χ2n) is 7.30. The van der Waals surface area contributed by atoms with E-state index in [2.05, 4.69) is 15.7 Å². The lowest BCUT2D eigenvalue weighted by molar-refractivity contribution is -0.420. The van der Waals surface area contributed by atoms with Crippen LogP contribution in [0.3, 0.4) is 0 Å². The van der Waals surface area contributed by atoms with E-state index in [1.165, 1.54) is 6.07 Å². The van der Waals surface area contributed by atoms with Gasteiger partial charge in [-0.05, 0) is 49.2 Å². The number of aromatic nitrogens is 2. The number of rotatable bonds is 5. The van der Waals surface area contributed by atoms with E-state index in [0.29, 0.717) is 21.9 Å². The average Bonchev–Trinajstić information content (AvgIpc) is 3.09. The number of carboxylic acid groups (broad SMARTS) is 1. The average molecular weight is 423 g/mol. The lowest BCUT2D eigenvalue weighted by Gasteiger charge is -2.07. The topological polar surface area (TPSA) is 103 Å². The van der Waals surface area contributed by atoms with E-state index >= 15 is 0 Å². The molecule has 7 heteroatoms. The zero-order valence-corrected chi connectivity index (χ0v) is 17.3. The SMILES string of the molecule is Cc1ccc(Oc2nc3cc(-c4ccc(C(C)[NH3+])cc4)c(Cl)cc3[nH]2)cc1C(=O)O. The third-order valence-corrected chi connectivity index (χ3v) is 5.31. The van der Waals surface area contributed by atoms with Gasteiger partial charge in [-0.25, -0.2) is 4.79 Å². The van der Waals surface area contributed by atoms with Crippen LogP contribution in [0.25, 0.3) is 22.2 Å². The second-order valence-corrected chi connectivity index (χ2v) is 7.71. The molecule has 0 fully saturated rings. The van der Waals surface area contributed by atoms with Gasteiger partial charge in [0.25, 0.3) is 6.01 Å². The van der Waals surface area contributed by atoms with Crippen molar-refractivity contribution in [3.05, 3.63) is 76.3 Å². The number of nitrogens with one attached hydrogen (secondary N) is 1. The van der Waals surface area contributed by atoms with Crippen LogP contribution < -0.4 is 10.5 Å². The van der Waals surface area contributed by atoms with Crippen LogP contribution in [-0.2, 0) is 0 Å². The Bertz CT molecular complexity index is 1250. The van der Waals surface area contributed by atoms with E-state index in [0.717, 1.165) is 22.2 Å². The number of aryl methyl sites for hydroxylation is 1. The summed E-state index contributed by atoms with van der Waals surface area (Å²) in [6, 6.07) is 17.2. The monoisotopic (exact) mass is 422 g/mol. The summed E-state index contributed by atoms with van der Waals surface area (Å²) in [7, 11) is 0. The normalized spacial score (nSPS) is 12.1. The summed E-state index contributed by atoms with van der Waals surface area (Å²) in [6.07, 6.45) is 0. The molecular weight excluding hydrogens is 402 g/mol. The first kappa shape index (κ1) is 19.9. The molecule has 1 unspecified atom stereocenters. The van der Waals surface area contributed by atoms with Gasteiger partial charge in [0.2, 0.25) is 0 Å². The Balaban J connectivity index is 1.67. The van der Waals surface area contributed by atoms with Gasteiger partial charge in [0.1, 0.15) is 11.8 Å². The zero-order valence-electron chi connectivity index (χ0n) is 16.6. The Hall–Kier alpha value is -3.35. The van der Waals surface area contributed by atoms with Gasteiger partial charge in [-0.3, -0.25) is 0 Å². The number of ether oxygens (including phenoxy) is 1. The van der Waals surface area contributed by atoms with E-state index in [1.54, 1.807) is 19.1 Å². The zero-order chi connectivity index (χ0) is 21.4. The highest BCUT2D eigenvalue weighted by atomic mass is 35.5. The highest BCUT2D eigenvalue weighted by Gasteiger charge is 2.13. The molecule has 0 aliphatic carbocycles. The number of benzene rings is 3. The maximum absolute atomic E-state index is 11.3. The molecule has 0 saturated heterocycles. The van der Waals surface area contributed by atoms with Crippen molar-refractivity contribution in [3.8, 4) is 22.9 Å². The van der Waals surface area contributed by atoms with E-state index in [1.807, 2.05) is 43.3 Å². The molecule has 0 saturated carbocycles. The minimum Gasteiger partial charge on any atom is -0.478 e. The Morgan fingerprint density at radius 2 is 1.90 bits per heavy atom. The molecule has 0 aliphatic heterocycles. The highest BCUT2D eigenvalue weighted by molar-refractivity contribution is 6.34. The number of aromatic amines is 1. The van der Waals surface area contributed by atoms with Crippen LogP contribution in [0, 0.1) is 6.92 Å². The largest absolute Gasteiger partial charge is 0.478 e. The number of hydrogen-bond acceptors (Lipinski definition) is 3. The van der Waals surface area contributed by atoms with Gasteiger partial charge in [-0.2, -0.15) is 4.98 Å². The predicted octanol–water partition coefficient (Wildman–Crippen LogP) is 4.99. The van der Waals surface area contributed by atoms with Crippen molar-refractivity contribution < 1.29 is 20.4 Å². The molecule has 3 aromatic carbocycles. The summed E-state index contributed by atoms with van der Waals surface area (Å²) in [5, 5.41) is 9.88. The van der Waals surface area contributed by atoms with Crippen molar-refractivity contribution in [2.45, 2.75) is 19.9 Å². The standard InChI is InChI=1S/C23H20ClN3O3/c1-12-3-8-16(9-17(12)22(28)29)30-23-26-20-10-18(19(24)11-21(20)27-23)15-6-4-14(5-7-15)13(2)25/h3-11,13H,25H2,1-2H3,(H,26,27)(H,28,29)/p+1. The molecular formula is C23H21ClN3O3+. The van der Waals surface area contributed by atoms with Crippen LogP contribution in [0.1, 0.15) is 34.5 Å². The molecule has 0 radical (unpaired) electrons. The number of carboxylic acids is 1. The lowest BCUT2D eigenvalue weighted by atomic mass is 10.0. The Morgan fingerprint density at radius 3 is 2.57 bits per heavy atom. The van der Waals surface area contributed by atoms with Crippen molar-refractivity contribution in [3.63, 3.8) is 0 Å². The summed E-state index contributed by atoms with van der Waals surface area (Å²) in [5.74, 6) is -0.612. The Morgan fingerprint density at radius 1 is 1.17 bits per heavy atom. The molecule has 4 rings (SSSR count). The number of halogens is 1. The first-order valence-electron chi connectivity index (χ1n) is 9.46. The number of imidazole rings is 1. The summed E-state index contributed by atoms with van der Waals surface area (Å²) in [4.78, 5) is 18.9. The molecule has 30 heavy (non-hydrogen) atoms. The maximum Gasteiger partial charge on any atom is 0.336 e. The van der Waals surface area contributed by atoms with Crippen LogP contribution in [0.5, 0.6) is 11.8 Å². The van der Waals surface area contributed by atoms with Crippen molar-refractivity contribution >= 4 is 28.6 Å². The molecule has 1 atom stereocenters. The fourth-order valence-electron chi connectivity index (χ4n) is 3.27. The molecule has 0 spiro atoms.